The SMILES string of the molecule is COc1ccc2oc(-c3ccc(C)c(NC(=O)c4ccc(-c5ccc(Cl)cc5Cl)o4)c3)nc2c1. The van der Waals surface area contributed by atoms with E-state index < -0.39 is 0 Å². The van der Waals surface area contributed by atoms with Gasteiger partial charge in [0.2, 0.25) is 5.89 Å². The van der Waals surface area contributed by atoms with Gasteiger partial charge in [-0.25, -0.2) is 4.98 Å². The molecule has 0 aliphatic carbocycles. The molecule has 34 heavy (non-hydrogen) atoms. The molecule has 2 heterocycles. The molecule has 6 nitrogen and oxygen atoms in total. The molecule has 170 valence electrons. The molecule has 1 N–H and O–H groups in total. The summed E-state index contributed by atoms with van der Waals surface area (Å²) >= 11 is 12.2. The number of benzene rings is 3. The number of nitrogens with one attached hydrogen (secondary N) is 1. The smallest absolute Gasteiger partial charge is 0.291 e. The number of aryl methyl sites for hydroxylation is 1. The molecule has 0 atom stereocenters. The first-order valence-electron chi connectivity index (χ1n) is 10.3. The molecule has 0 spiro atoms. The van der Waals surface area contributed by atoms with Crippen molar-refractivity contribution in [2.45, 2.75) is 6.92 Å². The molecular formula is C26H18Cl2N2O4. The quantitative estimate of drug-likeness (QED) is 0.272. The summed E-state index contributed by atoms with van der Waals surface area (Å²) in [5, 5.41) is 3.86. The van der Waals surface area contributed by atoms with Gasteiger partial charge in [-0.3, -0.25) is 4.79 Å². The lowest BCUT2D eigenvalue weighted by Crippen LogP contribution is -2.11. The van der Waals surface area contributed by atoms with Crippen molar-refractivity contribution in [1.29, 1.82) is 0 Å². The zero-order valence-electron chi connectivity index (χ0n) is 18.2. The van der Waals surface area contributed by atoms with Gasteiger partial charge in [-0.1, -0.05) is 29.3 Å². The van der Waals surface area contributed by atoms with Crippen molar-refractivity contribution in [3.8, 4) is 28.5 Å². The number of furan rings is 1. The Balaban J connectivity index is 1.40. The number of aromatic nitrogens is 1. The Morgan fingerprint density at radius 3 is 2.62 bits per heavy atom. The van der Waals surface area contributed by atoms with Gasteiger partial charge < -0.3 is 18.9 Å². The van der Waals surface area contributed by atoms with Crippen LogP contribution in [-0.2, 0) is 0 Å². The van der Waals surface area contributed by atoms with Crippen molar-refractivity contribution < 1.29 is 18.4 Å². The highest BCUT2D eigenvalue weighted by Crippen LogP contribution is 2.33. The van der Waals surface area contributed by atoms with Crippen LogP contribution in [0.25, 0.3) is 33.9 Å². The Bertz CT molecular complexity index is 1540. The summed E-state index contributed by atoms with van der Waals surface area (Å²) in [6.07, 6.45) is 0. The van der Waals surface area contributed by atoms with Crippen molar-refractivity contribution in [2.75, 3.05) is 12.4 Å². The fourth-order valence-corrected chi connectivity index (χ4v) is 4.03. The third kappa shape index (κ3) is 4.25. The lowest BCUT2D eigenvalue weighted by Gasteiger charge is -2.08. The summed E-state index contributed by atoms with van der Waals surface area (Å²) in [6.45, 7) is 1.90. The Kier molecular flexibility index (Phi) is 5.77. The van der Waals surface area contributed by atoms with Gasteiger partial charge in [0.25, 0.3) is 5.91 Å². The second kappa shape index (κ2) is 8.89. The summed E-state index contributed by atoms with van der Waals surface area (Å²) in [5.41, 5.74) is 4.20. The van der Waals surface area contributed by atoms with Gasteiger partial charge in [-0.2, -0.15) is 0 Å². The minimum absolute atomic E-state index is 0.153. The van der Waals surface area contributed by atoms with Crippen LogP contribution in [0.15, 0.2) is 75.6 Å². The van der Waals surface area contributed by atoms with E-state index in [-0.39, 0.29) is 11.7 Å². The predicted octanol–water partition coefficient (Wildman–Crippen LogP) is 7.63. The van der Waals surface area contributed by atoms with Crippen molar-refractivity contribution in [2.24, 2.45) is 0 Å². The first-order chi connectivity index (χ1) is 16.4. The van der Waals surface area contributed by atoms with E-state index in [1.807, 2.05) is 37.3 Å². The Morgan fingerprint density at radius 1 is 0.971 bits per heavy atom. The van der Waals surface area contributed by atoms with Gasteiger partial charge in [0.15, 0.2) is 11.3 Å². The van der Waals surface area contributed by atoms with Gasteiger partial charge in [0.1, 0.15) is 17.0 Å². The van der Waals surface area contributed by atoms with Crippen LogP contribution < -0.4 is 10.1 Å². The molecule has 3 aromatic carbocycles. The number of rotatable bonds is 5. The second-order valence-corrected chi connectivity index (χ2v) is 8.47. The molecule has 0 saturated heterocycles. The van der Waals surface area contributed by atoms with Crippen molar-refractivity contribution in [3.63, 3.8) is 0 Å². The molecule has 5 rings (SSSR count). The molecule has 0 aliphatic rings. The van der Waals surface area contributed by atoms with Crippen molar-refractivity contribution in [1.82, 2.24) is 4.98 Å². The molecule has 5 aromatic rings. The molecular weight excluding hydrogens is 475 g/mol. The minimum Gasteiger partial charge on any atom is -0.497 e. The number of anilines is 1. The lowest BCUT2D eigenvalue weighted by atomic mass is 10.1. The Morgan fingerprint density at radius 2 is 1.82 bits per heavy atom. The third-order valence-electron chi connectivity index (χ3n) is 5.35. The van der Waals surface area contributed by atoms with Crippen LogP contribution in [0.1, 0.15) is 16.1 Å². The number of hydrogen-bond acceptors (Lipinski definition) is 5. The molecule has 2 aromatic heterocycles. The van der Waals surface area contributed by atoms with Crippen LogP contribution in [0.4, 0.5) is 5.69 Å². The van der Waals surface area contributed by atoms with Crippen molar-refractivity contribution >= 4 is 45.9 Å². The van der Waals surface area contributed by atoms with E-state index in [1.54, 1.807) is 43.5 Å². The number of methoxy groups -OCH3 is 1. The first-order valence-corrected chi connectivity index (χ1v) is 11.1. The number of hydrogen-bond donors (Lipinski definition) is 1. The fraction of sp³-hybridized carbons (Fsp3) is 0.0769. The standard InChI is InChI=1S/C26H18Cl2N2O4/c1-14-3-4-15(26-30-21-13-17(32-2)6-8-23(21)34-26)11-20(14)29-25(31)24-10-9-22(33-24)18-7-5-16(27)12-19(18)28/h3-13H,1-2H3,(H,29,31). The van der Waals surface area contributed by atoms with Gasteiger partial charge in [-0.15, -0.1) is 0 Å². The number of halogens is 2. The maximum Gasteiger partial charge on any atom is 0.291 e. The predicted molar refractivity (Wildman–Crippen MR) is 133 cm³/mol. The number of carbonyl (C=O) groups excluding carboxylic acids is 1. The minimum atomic E-state index is -0.390. The second-order valence-electron chi connectivity index (χ2n) is 7.62. The van der Waals surface area contributed by atoms with Gasteiger partial charge >= 0.3 is 0 Å². The number of carbonyl (C=O) groups is 1. The first kappa shape index (κ1) is 22.1. The van der Waals surface area contributed by atoms with E-state index >= 15 is 0 Å². The molecule has 0 fully saturated rings. The summed E-state index contributed by atoms with van der Waals surface area (Å²) in [7, 11) is 1.60. The topological polar surface area (TPSA) is 77.5 Å². The van der Waals surface area contributed by atoms with Crippen LogP contribution in [-0.4, -0.2) is 18.0 Å². The molecule has 0 aliphatic heterocycles. The maximum atomic E-state index is 12.9. The molecule has 0 saturated carbocycles. The van der Waals surface area contributed by atoms with Gasteiger partial charge in [0, 0.05) is 27.9 Å². The molecule has 0 bridgehead atoms. The summed E-state index contributed by atoms with van der Waals surface area (Å²) in [5.74, 6) is 1.37. The third-order valence-corrected chi connectivity index (χ3v) is 5.90. The number of nitrogens with zero attached hydrogens (tertiary/aromatic N) is 1. The van der Waals surface area contributed by atoms with E-state index in [4.69, 9.17) is 36.8 Å². The molecule has 1 amide bonds. The number of ether oxygens (including phenoxy) is 1. The fourth-order valence-electron chi connectivity index (χ4n) is 3.53. The zero-order valence-corrected chi connectivity index (χ0v) is 19.7. The maximum absolute atomic E-state index is 12.9. The highest BCUT2D eigenvalue weighted by atomic mass is 35.5. The zero-order chi connectivity index (χ0) is 23.8. The lowest BCUT2D eigenvalue weighted by molar-refractivity contribution is 0.0997. The van der Waals surface area contributed by atoms with Gasteiger partial charge in [-0.05, 0) is 67.1 Å². The number of amides is 1. The van der Waals surface area contributed by atoms with Crippen LogP contribution in [0.3, 0.4) is 0 Å². The van der Waals surface area contributed by atoms with Crippen LogP contribution >= 0.6 is 23.2 Å². The van der Waals surface area contributed by atoms with Crippen LogP contribution in [0.5, 0.6) is 5.75 Å². The summed E-state index contributed by atoms with van der Waals surface area (Å²) < 4.78 is 16.9. The normalized spacial score (nSPS) is 11.1. The summed E-state index contributed by atoms with van der Waals surface area (Å²) in [6, 6.07) is 19.4. The average molecular weight is 493 g/mol. The largest absolute Gasteiger partial charge is 0.497 e. The Hall–Kier alpha value is -3.74. The number of fused-ring (bicyclic) bond motifs is 1. The monoisotopic (exact) mass is 492 g/mol. The van der Waals surface area contributed by atoms with Crippen molar-refractivity contribution in [3.05, 3.63) is 88.1 Å². The van der Waals surface area contributed by atoms with Crippen LogP contribution in [0, 0.1) is 6.92 Å². The highest BCUT2D eigenvalue weighted by Gasteiger charge is 2.17. The molecule has 0 radical (unpaired) electrons. The Labute approximate surface area is 205 Å². The van der Waals surface area contributed by atoms with Crippen LogP contribution in [0.2, 0.25) is 10.0 Å². The van der Waals surface area contributed by atoms with E-state index in [1.165, 1.54) is 0 Å². The number of oxazole rings is 1. The van der Waals surface area contributed by atoms with E-state index in [0.717, 1.165) is 11.1 Å². The van der Waals surface area contributed by atoms with E-state index in [9.17, 15) is 4.79 Å². The average Bonchev–Trinajstić information content (AvgIpc) is 3.47. The summed E-state index contributed by atoms with van der Waals surface area (Å²) in [4.78, 5) is 17.4. The van der Waals surface area contributed by atoms with Gasteiger partial charge in [0.05, 0.1) is 12.1 Å². The van der Waals surface area contributed by atoms with E-state index in [2.05, 4.69) is 10.3 Å². The molecule has 8 heteroatoms. The highest BCUT2D eigenvalue weighted by molar-refractivity contribution is 6.36. The molecule has 0 unspecified atom stereocenters. The van der Waals surface area contributed by atoms with E-state index in [0.29, 0.717) is 49.8 Å².